The fraction of sp³-hybridized carbons (Fsp3) is 0.167. The highest BCUT2D eigenvalue weighted by molar-refractivity contribution is 6.30. The number of rotatable bonds is 5. The average Bonchev–Trinajstić information content (AvgIpc) is 3.15. The van der Waals surface area contributed by atoms with Crippen molar-refractivity contribution in [3.63, 3.8) is 0 Å². The van der Waals surface area contributed by atoms with Crippen LogP contribution in [0.4, 0.5) is 0 Å². The van der Waals surface area contributed by atoms with Crippen LogP contribution >= 0.6 is 11.6 Å². The van der Waals surface area contributed by atoms with Gasteiger partial charge in [0.05, 0.1) is 0 Å². The quantitative estimate of drug-likeness (QED) is 0.710. The smallest absolute Gasteiger partial charge is 0.253 e. The maximum atomic E-state index is 12.5. The predicted molar refractivity (Wildman–Crippen MR) is 91.9 cm³/mol. The molecule has 2 aromatic carbocycles. The molecule has 3 rings (SSSR count). The third-order valence-electron chi connectivity index (χ3n) is 3.75. The molecule has 0 saturated carbocycles. The Hall–Kier alpha value is -2.66. The van der Waals surface area contributed by atoms with Crippen molar-refractivity contribution in [2.24, 2.45) is 0 Å². The molecule has 5 nitrogen and oxygen atoms in total. The van der Waals surface area contributed by atoms with Crippen LogP contribution in [0.3, 0.4) is 0 Å². The molecular weight excluding hydrogens is 326 g/mol. The summed E-state index contributed by atoms with van der Waals surface area (Å²) in [6.07, 6.45) is 2.05. The first kappa shape index (κ1) is 16.2. The van der Waals surface area contributed by atoms with Crippen LogP contribution in [0.15, 0.2) is 59.4 Å². The predicted octanol–water partition coefficient (Wildman–Crippen LogP) is 3.70. The first-order valence-corrected chi connectivity index (χ1v) is 7.88. The number of nitrogens with zero attached hydrogens (tertiary/aromatic N) is 3. The highest BCUT2D eigenvalue weighted by Crippen LogP contribution is 2.16. The number of carbonyl (C=O) groups excluding carboxylic acids is 1. The molecule has 6 heteroatoms. The fourth-order valence-corrected chi connectivity index (χ4v) is 2.46. The number of hydrogen-bond acceptors (Lipinski definition) is 4. The van der Waals surface area contributed by atoms with Gasteiger partial charge < -0.3 is 9.42 Å². The fourth-order valence-electron chi connectivity index (χ4n) is 2.33. The molecule has 0 aliphatic rings. The molecule has 122 valence electrons. The van der Waals surface area contributed by atoms with Crippen molar-refractivity contribution in [3.8, 4) is 11.4 Å². The molecule has 0 atom stereocenters. The van der Waals surface area contributed by atoms with E-state index in [1.54, 1.807) is 24.1 Å². The number of amides is 1. The van der Waals surface area contributed by atoms with E-state index in [2.05, 4.69) is 10.1 Å². The van der Waals surface area contributed by atoms with Crippen LogP contribution in [0.2, 0.25) is 5.02 Å². The Morgan fingerprint density at radius 3 is 2.46 bits per heavy atom. The molecule has 0 aliphatic heterocycles. The van der Waals surface area contributed by atoms with Gasteiger partial charge >= 0.3 is 0 Å². The second kappa shape index (κ2) is 7.27. The highest BCUT2D eigenvalue weighted by Gasteiger charge is 2.12. The Bertz CT molecular complexity index is 799. The van der Waals surface area contributed by atoms with Gasteiger partial charge in [0, 0.05) is 29.7 Å². The van der Waals surface area contributed by atoms with Crippen LogP contribution in [-0.4, -0.2) is 34.5 Å². The van der Waals surface area contributed by atoms with Crippen molar-refractivity contribution in [2.75, 3.05) is 13.6 Å². The maximum absolute atomic E-state index is 12.5. The summed E-state index contributed by atoms with van der Waals surface area (Å²) in [6.45, 7) is 0.632. The minimum atomic E-state index is -0.0244. The van der Waals surface area contributed by atoms with Crippen molar-refractivity contribution in [3.05, 3.63) is 71.1 Å². The molecule has 0 N–H and O–H groups in total. The summed E-state index contributed by atoms with van der Waals surface area (Å²) in [4.78, 5) is 18.2. The molecule has 0 unspecified atom stereocenters. The van der Waals surface area contributed by atoms with Crippen molar-refractivity contribution in [2.45, 2.75) is 6.42 Å². The van der Waals surface area contributed by atoms with Gasteiger partial charge in [-0.25, -0.2) is 0 Å². The van der Waals surface area contributed by atoms with Gasteiger partial charge in [-0.1, -0.05) is 41.0 Å². The van der Waals surface area contributed by atoms with E-state index in [1.165, 1.54) is 6.39 Å². The lowest BCUT2D eigenvalue weighted by Crippen LogP contribution is -2.28. The van der Waals surface area contributed by atoms with Gasteiger partial charge in [0.1, 0.15) is 0 Å². The Morgan fingerprint density at radius 2 is 1.83 bits per heavy atom. The van der Waals surface area contributed by atoms with E-state index in [4.69, 9.17) is 16.1 Å². The Balaban J connectivity index is 1.61. The van der Waals surface area contributed by atoms with Crippen LogP contribution in [0.25, 0.3) is 11.4 Å². The zero-order chi connectivity index (χ0) is 16.9. The first-order valence-electron chi connectivity index (χ1n) is 7.50. The van der Waals surface area contributed by atoms with E-state index in [9.17, 15) is 4.79 Å². The van der Waals surface area contributed by atoms with Crippen molar-refractivity contribution >= 4 is 17.5 Å². The molecule has 1 amide bonds. The first-order chi connectivity index (χ1) is 11.6. The zero-order valence-corrected chi connectivity index (χ0v) is 13.9. The van der Waals surface area contributed by atoms with E-state index in [-0.39, 0.29) is 5.91 Å². The molecule has 0 radical (unpaired) electrons. The Labute approximate surface area is 144 Å². The minimum absolute atomic E-state index is 0.0244. The Morgan fingerprint density at radius 1 is 1.12 bits per heavy atom. The number of carbonyl (C=O) groups is 1. The monoisotopic (exact) mass is 341 g/mol. The van der Waals surface area contributed by atoms with E-state index < -0.39 is 0 Å². The molecular formula is C18H16ClN3O2. The lowest BCUT2D eigenvalue weighted by Gasteiger charge is -2.17. The minimum Gasteiger partial charge on any atom is -0.342 e. The van der Waals surface area contributed by atoms with Gasteiger partial charge in [-0.15, -0.1) is 0 Å². The molecule has 24 heavy (non-hydrogen) atoms. The number of benzene rings is 2. The summed E-state index contributed by atoms with van der Waals surface area (Å²) in [5.41, 5.74) is 2.58. The van der Waals surface area contributed by atoms with Crippen molar-refractivity contribution in [1.29, 1.82) is 0 Å². The van der Waals surface area contributed by atoms with Gasteiger partial charge in [-0.05, 0) is 36.2 Å². The molecule has 0 spiro atoms. The van der Waals surface area contributed by atoms with E-state index in [1.807, 2.05) is 36.4 Å². The van der Waals surface area contributed by atoms with Crippen LogP contribution in [0, 0.1) is 0 Å². The summed E-state index contributed by atoms with van der Waals surface area (Å²) in [5, 5.41) is 4.49. The molecule has 1 heterocycles. The van der Waals surface area contributed by atoms with E-state index in [0.717, 1.165) is 17.5 Å². The van der Waals surface area contributed by atoms with Gasteiger partial charge in [0.25, 0.3) is 5.91 Å². The molecule has 0 fully saturated rings. The van der Waals surface area contributed by atoms with E-state index in [0.29, 0.717) is 23.0 Å². The molecule has 3 aromatic rings. The number of halogens is 1. The van der Waals surface area contributed by atoms with Crippen molar-refractivity contribution in [1.82, 2.24) is 15.0 Å². The number of aromatic nitrogens is 2. The standard InChI is InChI=1S/C18H16ClN3O2/c1-22(11-10-13-2-8-16(19)9-3-13)18(23)15-6-4-14(5-7-15)17-20-12-24-21-17/h2-9,12H,10-11H2,1H3. The SMILES string of the molecule is CN(CCc1ccc(Cl)cc1)C(=O)c1ccc(-c2ncon2)cc1. The topological polar surface area (TPSA) is 59.2 Å². The summed E-state index contributed by atoms with van der Waals surface area (Å²) in [7, 11) is 1.80. The van der Waals surface area contributed by atoms with Crippen LogP contribution in [0.1, 0.15) is 15.9 Å². The van der Waals surface area contributed by atoms with Crippen molar-refractivity contribution < 1.29 is 9.32 Å². The normalized spacial score (nSPS) is 10.6. The maximum Gasteiger partial charge on any atom is 0.253 e. The molecule has 1 aromatic heterocycles. The number of hydrogen-bond donors (Lipinski definition) is 0. The second-order valence-corrected chi connectivity index (χ2v) is 5.87. The van der Waals surface area contributed by atoms with E-state index >= 15 is 0 Å². The summed E-state index contributed by atoms with van der Waals surface area (Å²) < 4.78 is 4.72. The third-order valence-corrected chi connectivity index (χ3v) is 4.00. The second-order valence-electron chi connectivity index (χ2n) is 5.44. The largest absolute Gasteiger partial charge is 0.342 e. The van der Waals surface area contributed by atoms with Gasteiger partial charge in [0.2, 0.25) is 12.2 Å². The summed E-state index contributed by atoms with van der Waals surface area (Å²) in [5.74, 6) is 0.480. The van der Waals surface area contributed by atoms with Gasteiger partial charge in [0.15, 0.2) is 0 Å². The Kier molecular flexibility index (Phi) is 4.91. The van der Waals surface area contributed by atoms with Crippen LogP contribution < -0.4 is 0 Å². The zero-order valence-electron chi connectivity index (χ0n) is 13.1. The van der Waals surface area contributed by atoms with Gasteiger partial charge in [-0.3, -0.25) is 4.79 Å². The number of likely N-dealkylation sites (N-methyl/N-ethyl adjacent to an activating group) is 1. The lowest BCUT2D eigenvalue weighted by atomic mass is 10.1. The van der Waals surface area contributed by atoms with Crippen LogP contribution in [0.5, 0.6) is 0 Å². The van der Waals surface area contributed by atoms with Gasteiger partial charge in [-0.2, -0.15) is 4.98 Å². The lowest BCUT2D eigenvalue weighted by molar-refractivity contribution is 0.0796. The third kappa shape index (κ3) is 3.81. The summed E-state index contributed by atoms with van der Waals surface area (Å²) >= 11 is 5.88. The summed E-state index contributed by atoms with van der Waals surface area (Å²) in [6, 6.07) is 14.8. The highest BCUT2D eigenvalue weighted by atomic mass is 35.5. The molecule has 0 saturated heterocycles. The molecule has 0 aliphatic carbocycles. The average molecular weight is 342 g/mol. The van der Waals surface area contributed by atoms with Crippen LogP contribution in [-0.2, 0) is 6.42 Å². The molecule has 0 bridgehead atoms.